The maximum Gasteiger partial charge on any atom is 0.178 e. The molecule has 0 radical (unpaired) electrons. The van der Waals surface area contributed by atoms with Crippen LogP contribution in [0.2, 0.25) is 0 Å². The lowest BCUT2D eigenvalue weighted by Crippen LogP contribution is -2.23. The third-order valence-electron chi connectivity index (χ3n) is 3.98. The van der Waals surface area contributed by atoms with Gasteiger partial charge in [0.05, 0.1) is 28.9 Å². The Morgan fingerprint density at radius 3 is 2.48 bits per heavy atom. The molecule has 2 aromatic carbocycles. The zero-order valence-electron chi connectivity index (χ0n) is 14.4. The molecule has 0 aliphatic carbocycles. The van der Waals surface area contributed by atoms with E-state index in [0.29, 0.717) is 18.1 Å². The van der Waals surface area contributed by atoms with Crippen molar-refractivity contribution in [3.63, 3.8) is 0 Å². The van der Waals surface area contributed by atoms with Crippen LogP contribution in [0.15, 0.2) is 70.5 Å². The van der Waals surface area contributed by atoms with Crippen LogP contribution in [-0.4, -0.2) is 30.3 Å². The molecule has 0 spiro atoms. The first kappa shape index (κ1) is 18.0. The quantitative estimate of drug-likeness (QED) is 0.759. The van der Waals surface area contributed by atoms with Gasteiger partial charge in [0.1, 0.15) is 6.10 Å². The number of rotatable bonds is 7. The predicted molar refractivity (Wildman–Crippen MR) is 97.4 cm³/mol. The summed E-state index contributed by atoms with van der Waals surface area (Å²) < 4.78 is 29.7. The minimum Gasteiger partial charge on any atom is -0.374 e. The van der Waals surface area contributed by atoms with Crippen molar-refractivity contribution >= 4 is 10.8 Å². The second-order valence-corrected chi connectivity index (χ2v) is 7.36. The Hall–Kier alpha value is -1.79. The van der Waals surface area contributed by atoms with Crippen LogP contribution in [0.4, 0.5) is 0 Å². The number of methoxy groups -OCH3 is 1. The molecule has 1 heterocycles. The summed E-state index contributed by atoms with van der Waals surface area (Å²) in [5.74, 6) is 0. The Morgan fingerprint density at radius 2 is 1.80 bits per heavy atom. The van der Waals surface area contributed by atoms with Gasteiger partial charge in [-0.25, -0.2) is 4.21 Å². The number of benzene rings is 2. The first-order valence-corrected chi connectivity index (χ1v) is 9.32. The molecule has 1 aliphatic rings. The van der Waals surface area contributed by atoms with Crippen molar-refractivity contribution in [1.82, 2.24) is 0 Å². The number of hydrogen-bond acceptors (Lipinski definition) is 4. The van der Waals surface area contributed by atoms with Gasteiger partial charge in [0.15, 0.2) is 6.29 Å². The smallest absolute Gasteiger partial charge is 0.178 e. The van der Waals surface area contributed by atoms with Crippen molar-refractivity contribution in [3.05, 3.63) is 76.7 Å². The van der Waals surface area contributed by atoms with Gasteiger partial charge in [-0.05, 0) is 30.7 Å². The second kappa shape index (κ2) is 8.54. The number of aryl methyl sites for hydroxylation is 1. The zero-order chi connectivity index (χ0) is 17.6. The molecule has 0 fully saturated rings. The SMILES string of the molecule is CO[C@@H]1C=C([S@](=O)c2ccc(C)cc2)[C@@H](COCc2ccccc2)O1. The van der Waals surface area contributed by atoms with Crippen molar-refractivity contribution in [1.29, 1.82) is 0 Å². The summed E-state index contributed by atoms with van der Waals surface area (Å²) >= 11 is 0. The van der Waals surface area contributed by atoms with Crippen LogP contribution >= 0.6 is 0 Å². The van der Waals surface area contributed by atoms with Crippen LogP contribution in [0.25, 0.3) is 0 Å². The highest BCUT2D eigenvalue weighted by molar-refractivity contribution is 7.89. The molecule has 2 aromatic rings. The van der Waals surface area contributed by atoms with Crippen LogP contribution in [0, 0.1) is 6.92 Å². The average molecular weight is 358 g/mol. The van der Waals surface area contributed by atoms with E-state index in [1.807, 2.05) is 61.5 Å². The lowest BCUT2D eigenvalue weighted by atomic mass is 10.2. The fourth-order valence-electron chi connectivity index (χ4n) is 2.59. The molecule has 132 valence electrons. The van der Waals surface area contributed by atoms with E-state index in [1.165, 1.54) is 0 Å². The highest BCUT2D eigenvalue weighted by Gasteiger charge is 2.31. The van der Waals surface area contributed by atoms with Crippen LogP contribution < -0.4 is 0 Å². The minimum atomic E-state index is -1.29. The Morgan fingerprint density at radius 1 is 1.08 bits per heavy atom. The summed E-state index contributed by atoms with van der Waals surface area (Å²) in [4.78, 5) is 1.45. The van der Waals surface area contributed by atoms with Gasteiger partial charge in [0.25, 0.3) is 0 Å². The first-order chi connectivity index (χ1) is 12.2. The van der Waals surface area contributed by atoms with E-state index >= 15 is 0 Å². The summed E-state index contributed by atoms with van der Waals surface area (Å²) in [5, 5.41) is 0. The molecule has 0 N–H and O–H groups in total. The van der Waals surface area contributed by atoms with Gasteiger partial charge in [-0.3, -0.25) is 0 Å². The predicted octanol–water partition coefficient (Wildman–Crippen LogP) is 3.57. The van der Waals surface area contributed by atoms with E-state index in [9.17, 15) is 4.21 Å². The van der Waals surface area contributed by atoms with Crippen LogP contribution in [0.5, 0.6) is 0 Å². The van der Waals surface area contributed by atoms with Crippen LogP contribution in [-0.2, 0) is 31.6 Å². The molecular weight excluding hydrogens is 336 g/mol. The van der Waals surface area contributed by atoms with Crippen LogP contribution in [0.1, 0.15) is 11.1 Å². The van der Waals surface area contributed by atoms with Crippen molar-refractivity contribution in [3.8, 4) is 0 Å². The molecule has 0 saturated heterocycles. The van der Waals surface area contributed by atoms with E-state index in [1.54, 1.807) is 13.2 Å². The van der Waals surface area contributed by atoms with Crippen molar-refractivity contribution in [2.45, 2.75) is 30.8 Å². The van der Waals surface area contributed by atoms with Gasteiger partial charge < -0.3 is 14.2 Å². The van der Waals surface area contributed by atoms with Gasteiger partial charge in [-0.15, -0.1) is 0 Å². The molecule has 0 saturated carbocycles. The number of hydrogen-bond donors (Lipinski definition) is 0. The standard InChI is InChI=1S/C20H22O4S/c1-15-8-10-17(11-9-15)25(21)19-12-20(22-2)24-18(19)14-23-13-16-6-4-3-5-7-16/h3-12,18,20H,13-14H2,1-2H3/t18-,20+,25-/m1/s1. The van der Waals surface area contributed by atoms with Gasteiger partial charge in [0.2, 0.25) is 0 Å². The zero-order valence-corrected chi connectivity index (χ0v) is 15.2. The van der Waals surface area contributed by atoms with E-state index in [2.05, 4.69) is 0 Å². The molecule has 4 nitrogen and oxygen atoms in total. The Bertz CT molecular complexity index is 740. The van der Waals surface area contributed by atoms with Crippen LogP contribution in [0.3, 0.4) is 0 Å². The van der Waals surface area contributed by atoms with E-state index in [-0.39, 0.29) is 6.10 Å². The Kier molecular flexibility index (Phi) is 6.15. The first-order valence-electron chi connectivity index (χ1n) is 8.17. The summed E-state index contributed by atoms with van der Waals surface area (Å²) in [5.41, 5.74) is 2.23. The maximum atomic E-state index is 12.9. The van der Waals surface area contributed by atoms with E-state index in [4.69, 9.17) is 14.2 Å². The third-order valence-corrected chi connectivity index (χ3v) is 5.51. The second-order valence-electron chi connectivity index (χ2n) is 5.88. The monoisotopic (exact) mass is 358 g/mol. The summed E-state index contributed by atoms with van der Waals surface area (Å²) in [6.45, 7) is 2.83. The largest absolute Gasteiger partial charge is 0.374 e. The molecular formula is C20H22O4S. The molecule has 0 amide bonds. The Labute approximate surface area is 150 Å². The molecule has 3 rings (SSSR count). The van der Waals surface area contributed by atoms with Gasteiger partial charge in [0, 0.05) is 12.0 Å². The van der Waals surface area contributed by atoms with Gasteiger partial charge >= 0.3 is 0 Å². The molecule has 0 bridgehead atoms. The maximum absolute atomic E-state index is 12.9. The lowest BCUT2D eigenvalue weighted by molar-refractivity contribution is -0.116. The van der Waals surface area contributed by atoms with Crippen molar-refractivity contribution in [2.24, 2.45) is 0 Å². The van der Waals surface area contributed by atoms with Gasteiger partial charge in [-0.2, -0.15) is 0 Å². The van der Waals surface area contributed by atoms with Gasteiger partial charge in [-0.1, -0.05) is 48.0 Å². The average Bonchev–Trinajstić information content (AvgIpc) is 3.06. The summed E-state index contributed by atoms with van der Waals surface area (Å²) in [6, 6.07) is 17.6. The Balaban J connectivity index is 1.66. The topological polar surface area (TPSA) is 44.8 Å². The molecule has 3 atom stereocenters. The fraction of sp³-hybridized carbons (Fsp3) is 0.300. The highest BCUT2D eigenvalue weighted by atomic mass is 32.2. The molecule has 5 heteroatoms. The lowest BCUT2D eigenvalue weighted by Gasteiger charge is -2.16. The van der Waals surface area contributed by atoms with Crippen molar-refractivity contribution < 1.29 is 18.4 Å². The number of ether oxygens (including phenoxy) is 3. The fourth-order valence-corrected chi connectivity index (χ4v) is 3.84. The van der Waals surface area contributed by atoms with Crippen molar-refractivity contribution in [2.75, 3.05) is 13.7 Å². The van der Waals surface area contributed by atoms with E-state index < -0.39 is 17.1 Å². The minimum absolute atomic E-state index is 0.332. The molecule has 0 aromatic heterocycles. The molecule has 25 heavy (non-hydrogen) atoms. The molecule has 1 aliphatic heterocycles. The third kappa shape index (κ3) is 4.64. The normalized spacial score (nSPS) is 21.1. The summed E-state index contributed by atoms with van der Waals surface area (Å²) in [6.07, 6.45) is 0.914. The highest BCUT2D eigenvalue weighted by Crippen LogP contribution is 2.28. The summed E-state index contributed by atoms with van der Waals surface area (Å²) in [7, 11) is 0.279. The molecule has 0 unspecified atom stereocenters. The van der Waals surface area contributed by atoms with E-state index in [0.717, 1.165) is 16.0 Å².